The number of methoxy groups -OCH3 is 2. The highest BCUT2D eigenvalue weighted by Gasteiger charge is 2.29. The Kier molecular flexibility index (Phi) is 4.85. The summed E-state index contributed by atoms with van der Waals surface area (Å²) in [4.78, 5) is 13.1. The number of nitrogens with one attached hydrogen (secondary N) is 1. The summed E-state index contributed by atoms with van der Waals surface area (Å²) in [5.41, 5.74) is 0.621. The van der Waals surface area contributed by atoms with Gasteiger partial charge in [-0.1, -0.05) is 0 Å². The number of nitrogens with zero attached hydrogens (tertiary/aromatic N) is 2. The van der Waals surface area contributed by atoms with Crippen molar-refractivity contribution in [1.29, 1.82) is 0 Å². The molecule has 21 heavy (non-hydrogen) atoms. The molecule has 0 bridgehead atoms. The summed E-state index contributed by atoms with van der Waals surface area (Å²) < 4.78 is 10.4. The van der Waals surface area contributed by atoms with Gasteiger partial charge in [0, 0.05) is 25.2 Å². The normalized spacial score (nSPS) is 17.6. The molecule has 1 heterocycles. The van der Waals surface area contributed by atoms with Crippen molar-refractivity contribution < 1.29 is 14.4 Å². The van der Waals surface area contributed by atoms with Gasteiger partial charge in [0.2, 0.25) is 0 Å². The van der Waals surface area contributed by atoms with E-state index in [4.69, 9.17) is 9.47 Å². The minimum Gasteiger partial charge on any atom is -0.493 e. The fraction of sp³-hybridized carbons (Fsp3) is 0.571. The Bertz CT molecular complexity index is 515. The highest BCUT2D eigenvalue weighted by atomic mass is 16.6. The maximum atomic E-state index is 11.4. The summed E-state index contributed by atoms with van der Waals surface area (Å²) >= 11 is 0. The van der Waals surface area contributed by atoms with Crippen LogP contribution in [0.1, 0.15) is 13.3 Å². The van der Waals surface area contributed by atoms with Gasteiger partial charge >= 0.3 is 0 Å². The lowest BCUT2D eigenvalue weighted by Crippen LogP contribution is -2.37. The van der Waals surface area contributed by atoms with Crippen molar-refractivity contribution in [3.8, 4) is 11.5 Å². The highest BCUT2D eigenvalue weighted by Crippen LogP contribution is 2.40. The summed E-state index contributed by atoms with van der Waals surface area (Å²) in [6.45, 7) is 4.46. The van der Waals surface area contributed by atoms with Crippen LogP contribution in [0.5, 0.6) is 11.5 Å². The summed E-state index contributed by atoms with van der Waals surface area (Å²) in [6.07, 6.45) is 0.972. The zero-order valence-corrected chi connectivity index (χ0v) is 12.6. The first-order chi connectivity index (χ1) is 10.1. The van der Waals surface area contributed by atoms with Crippen LogP contribution in [0.3, 0.4) is 0 Å². The third-order valence-electron chi connectivity index (χ3n) is 3.80. The van der Waals surface area contributed by atoms with Gasteiger partial charge in [0.1, 0.15) is 5.69 Å². The highest BCUT2D eigenvalue weighted by molar-refractivity contribution is 5.70. The number of likely N-dealkylation sites (N-methyl/N-ethyl adjacent to an activating group) is 1. The summed E-state index contributed by atoms with van der Waals surface area (Å²) in [5.74, 6) is 0.871. The summed E-state index contributed by atoms with van der Waals surface area (Å²) in [6, 6.07) is 3.38. The molecule has 1 aliphatic heterocycles. The second kappa shape index (κ2) is 6.62. The Morgan fingerprint density at radius 2 is 2.05 bits per heavy atom. The minimum atomic E-state index is -0.373. The monoisotopic (exact) mass is 295 g/mol. The number of hydrogen-bond donors (Lipinski definition) is 1. The second-order valence-electron chi connectivity index (χ2n) is 4.89. The van der Waals surface area contributed by atoms with Crippen LogP contribution >= 0.6 is 0 Å². The SMILES string of the molecule is CCN(c1cc(OC)c(OC)cc1[N+](=O)[O-])C1CCNC1. The lowest BCUT2D eigenvalue weighted by Gasteiger charge is -2.29. The van der Waals surface area contributed by atoms with Gasteiger partial charge in [-0.25, -0.2) is 0 Å². The van der Waals surface area contributed by atoms with Crippen molar-refractivity contribution in [3.63, 3.8) is 0 Å². The van der Waals surface area contributed by atoms with Gasteiger partial charge in [-0.2, -0.15) is 0 Å². The van der Waals surface area contributed by atoms with E-state index >= 15 is 0 Å². The first-order valence-corrected chi connectivity index (χ1v) is 7.00. The molecule has 7 heteroatoms. The molecule has 0 saturated carbocycles. The first kappa shape index (κ1) is 15.4. The molecule has 2 rings (SSSR count). The fourth-order valence-electron chi connectivity index (χ4n) is 2.76. The van der Waals surface area contributed by atoms with Gasteiger partial charge in [-0.3, -0.25) is 10.1 Å². The Morgan fingerprint density at radius 3 is 2.52 bits per heavy atom. The number of nitro benzene ring substituents is 1. The van der Waals surface area contributed by atoms with Crippen molar-refractivity contribution in [2.75, 3.05) is 38.8 Å². The molecule has 0 amide bonds. The topological polar surface area (TPSA) is 76.9 Å². The van der Waals surface area contributed by atoms with E-state index in [0.717, 1.165) is 19.5 Å². The van der Waals surface area contributed by atoms with E-state index in [0.29, 0.717) is 23.7 Å². The van der Waals surface area contributed by atoms with Crippen molar-refractivity contribution in [2.45, 2.75) is 19.4 Å². The first-order valence-electron chi connectivity index (χ1n) is 7.00. The third kappa shape index (κ3) is 3.02. The van der Waals surface area contributed by atoms with E-state index < -0.39 is 0 Å². The van der Waals surface area contributed by atoms with E-state index in [1.807, 2.05) is 6.92 Å². The van der Waals surface area contributed by atoms with E-state index in [1.165, 1.54) is 20.3 Å². The van der Waals surface area contributed by atoms with Crippen molar-refractivity contribution >= 4 is 11.4 Å². The molecule has 0 aromatic heterocycles. The van der Waals surface area contributed by atoms with E-state index in [2.05, 4.69) is 10.2 Å². The maximum absolute atomic E-state index is 11.4. The zero-order chi connectivity index (χ0) is 15.4. The van der Waals surface area contributed by atoms with Crippen LogP contribution in [0.4, 0.5) is 11.4 Å². The third-order valence-corrected chi connectivity index (χ3v) is 3.80. The molecule has 0 radical (unpaired) electrons. The molecule has 116 valence electrons. The standard InChI is InChI=1S/C14H21N3O4/c1-4-16(10-5-6-15-9-10)11-7-13(20-2)14(21-3)8-12(11)17(18)19/h7-8,10,15H,4-6,9H2,1-3H3. The zero-order valence-electron chi connectivity index (χ0n) is 12.6. The average Bonchev–Trinajstić information content (AvgIpc) is 3.01. The molecular weight excluding hydrogens is 274 g/mol. The van der Waals surface area contributed by atoms with Gasteiger partial charge in [0.05, 0.1) is 25.2 Å². The molecule has 1 aromatic rings. The van der Waals surface area contributed by atoms with Crippen molar-refractivity contribution in [1.82, 2.24) is 5.32 Å². The van der Waals surface area contributed by atoms with E-state index in [9.17, 15) is 10.1 Å². The number of ether oxygens (including phenoxy) is 2. The Balaban J connectivity index is 2.50. The van der Waals surface area contributed by atoms with Gasteiger partial charge < -0.3 is 19.7 Å². The van der Waals surface area contributed by atoms with Gasteiger partial charge in [0.15, 0.2) is 11.5 Å². The Labute approximate surface area is 124 Å². The Hall–Kier alpha value is -2.02. The number of hydrogen-bond acceptors (Lipinski definition) is 6. The molecule has 1 fully saturated rings. The molecule has 1 aromatic carbocycles. The molecule has 7 nitrogen and oxygen atoms in total. The van der Waals surface area contributed by atoms with Gasteiger partial charge in [0.25, 0.3) is 5.69 Å². The average molecular weight is 295 g/mol. The molecule has 1 N–H and O–H groups in total. The molecule has 0 spiro atoms. The molecule has 1 saturated heterocycles. The van der Waals surface area contributed by atoms with Crippen LogP contribution in [-0.4, -0.2) is 44.8 Å². The van der Waals surface area contributed by atoms with Crippen LogP contribution in [0.2, 0.25) is 0 Å². The summed E-state index contributed by atoms with van der Waals surface area (Å²) in [7, 11) is 3.00. The molecule has 0 aliphatic carbocycles. The maximum Gasteiger partial charge on any atom is 0.296 e. The second-order valence-corrected chi connectivity index (χ2v) is 4.89. The minimum absolute atomic E-state index is 0.0430. The summed E-state index contributed by atoms with van der Waals surface area (Å²) in [5, 5.41) is 14.7. The number of anilines is 1. The molecule has 1 aliphatic rings. The molecule has 1 unspecified atom stereocenters. The lowest BCUT2D eigenvalue weighted by atomic mass is 10.1. The van der Waals surface area contributed by atoms with E-state index in [1.54, 1.807) is 6.07 Å². The Morgan fingerprint density at radius 1 is 1.38 bits per heavy atom. The van der Waals surface area contributed by atoms with Crippen molar-refractivity contribution in [3.05, 3.63) is 22.2 Å². The predicted octanol–water partition coefficient (Wildman–Crippen LogP) is 1.80. The smallest absolute Gasteiger partial charge is 0.296 e. The largest absolute Gasteiger partial charge is 0.493 e. The van der Waals surface area contributed by atoms with Gasteiger partial charge in [-0.05, 0) is 19.9 Å². The van der Waals surface area contributed by atoms with Crippen LogP contribution in [0, 0.1) is 10.1 Å². The quantitative estimate of drug-likeness (QED) is 0.637. The lowest BCUT2D eigenvalue weighted by molar-refractivity contribution is -0.384. The van der Waals surface area contributed by atoms with Crippen molar-refractivity contribution in [2.24, 2.45) is 0 Å². The molecular formula is C14H21N3O4. The number of rotatable bonds is 6. The van der Waals surface area contributed by atoms with E-state index in [-0.39, 0.29) is 16.7 Å². The predicted molar refractivity (Wildman–Crippen MR) is 80.5 cm³/mol. The van der Waals surface area contributed by atoms with Crippen LogP contribution in [0.15, 0.2) is 12.1 Å². The van der Waals surface area contributed by atoms with Crippen LogP contribution in [-0.2, 0) is 0 Å². The van der Waals surface area contributed by atoms with Crippen LogP contribution in [0.25, 0.3) is 0 Å². The van der Waals surface area contributed by atoms with Crippen LogP contribution < -0.4 is 19.7 Å². The number of benzene rings is 1. The molecule has 1 atom stereocenters. The number of nitro groups is 1. The van der Waals surface area contributed by atoms with Gasteiger partial charge in [-0.15, -0.1) is 0 Å². The fourth-order valence-corrected chi connectivity index (χ4v) is 2.76.